The molecule has 0 saturated heterocycles. The molecule has 1 amide bonds. The van der Waals surface area contributed by atoms with E-state index in [1.54, 1.807) is 13.8 Å². The van der Waals surface area contributed by atoms with Crippen molar-refractivity contribution in [2.24, 2.45) is 5.92 Å². The molecule has 0 aliphatic heterocycles. The van der Waals surface area contributed by atoms with Crippen LogP contribution < -0.4 is 10.9 Å². The zero-order valence-electron chi connectivity index (χ0n) is 14.4. The maximum atomic E-state index is 12.1. The van der Waals surface area contributed by atoms with Gasteiger partial charge in [-0.05, 0) is 6.42 Å². The summed E-state index contributed by atoms with van der Waals surface area (Å²) in [5, 5.41) is 21.4. The summed E-state index contributed by atoms with van der Waals surface area (Å²) < 4.78 is 7.03. The molecule has 2 atom stereocenters. The Bertz CT molecular complexity index is 780. The molecule has 0 aliphatic rings. The van der Waals surface area contributed by atoms with E-state index in [1.165, 1.54) is 10.9 Å². The van der Waals surface area contributed by atoms with E-state index < -0.39 is 24.5 Å². The Labute approximate surface area is 143 Å². The Hall–Kier alpha value is -2.30. The van der Waals surface area contributed by atoms with Gasteiger partial charge in [0.2, 0.25) is 11.9 Å². The third-order valence-electron chi connectivity index (χ3n) is 3.67. The number of carbonyl (C=O) groups excluding carboxylic acids is 1. The van der Waals surface area contributed by atoms with Crippen LogP contribution in [0.5, 0.6) is 0 Å². The van der Waals surface area contributed by atoms with Crippen LogP contribution >= 0.6 is 0 Å². The average Bonchev–Trinajstić information content (AvgIpc) is 3.00. The number of aliphatic hydroxyl groups excluding tert-OH is 2. The molecule has 2 aromatic rings. The van der Waals surface area contributed by atoms with Crippen LogP contribution in [-0.4, -0.2) is 55.0 Å². The van der Waals surface area contributed by atoms with Crippen LogP contribution in [0.3, 0.4) is 0 Å². The highest BCUT2D eigenvalue weighted by molar-refractivity contribution is 5.91. The van der Waals surface area contributed by atoms with Gasteiger partial charge in [-0.25, -0.2) is 4.98 Å². The summed E-state index contributed by atoms with van der Waals surface area (Å²) in [6.45, 7) is 4.66. The molecule has 2 heterocycles. The van der Waals surface area contributed by atoms with E-state index in [2.05, 4.69) is 20.3 Å². The largest absolute Gasteiger partial charge is 0.394 e. The first-order chi connectivity index (χ1) is 11.9. The number of aromatic nitrogens is 4. The summed E-state index contributed by atoms with van der Waals surface area (Å²) in [5.41, 5.74) is -0.301. The zero-order chi connectivity index (χ0) is 18.6. The fraction of sp³-hybridized carbons (Fsp3) is 0.600. The molecule has 0 fully saturated rings. The lowest BCUT2D eigenvalue weighted by atomic mass is 10.2. The quantitative estimate of drug-likeness (QED) is 0.523. The van der Waals surface area contributed by atoms with Gasteiger partial charge in [-0.1, -0.05) is 20.8 Å². The highest BCUT2D eigenvalue weighted by Gasteiger charge is 2.21. The van der Waals surface area contributed by atoms with E-state index in [4.69, 9.17) is 4.74 Å². The van der Waals surface area contributed by atoms with Crippen molar-refractivity contribution in [2.45, 2.75) is 39.5 Å². The summed E-state index contributed by atoms with van der Waals surface area (Å²) in [7, 11) is 0. The van der Waals surface area contributed by atoms with Gasteiger partial charge in [0.05, 0.1) is 25.6 Å². The monoisotopic (exact) mass is 353 g/mol. The van der Waals surface area contributed by atoms with Crippen LogP contribution in [0.25, 0.3) is 11.2 Å². The number of fused-ring (bicyclic) bond motifs is 1. The first-order valence-corrected chi connectivity index (χ1v) is 8.06. The number of amides is 1. The van der Waals surface area contributed by atoms with E-state index in [1.807, 2.05) is 6.92 Å². The highest BCUT2D eigenvalue weighted by atomic mass is 16.5. The lowest BCUT2D eigenvalue weighted by Crippen LogP contribution is -2.26. The molecule has 0 aromatic carbocycles. The second-order valence-corrected chi connectivity index (χ2v) is 5.87. The second-order valence-electron chi connectivity index (χ2n) is 5.87. The summed E-state index contributed by atoms with van der Waals surface area (Å²) in [4.78, 5) is 34.6. The van der Waals surface area contributed by atoms with Gasteiger partial charge in [-0.2, -0.15) is 4.98 Å². The third kappa shape index (κ3) is 4.21. The number of nitrogens with one attached hydrogen (secondary N) is 2. The molecule has 2 aromatic heterocycles. The predicted molar refractivity (Wildman–Crippen MR) is 90.0 cm³/mol. The van der Waals surface area contributed by atoms with E-state index in [0.29, 0.717) is 6.42 Å². The minimum atomic E-state index is -0.870. The normalized spacial score (nSPS) is 14.0. The molecule has 0 saturated carbocycles. The van der Waals surface area contributed by atoms with Crippen molar-refractivity contribution in [2.75, 3.05) is 18.5 Å². The standard InChI is InChI=1S/C15H23N5O5/c1-4-9(5-21)25-10(6-22)20-7-16-11-12(20)17-15(19-14(11)24)18-13(23)8(2)3/h7-10,21-22H,4-6H2,1-3H3,(H2,17,18,19,23,24)/t9-,10-/m1/s1. The number of H-pyrrole nitrogens is 1. The Balaban J connectivity index is 2.42. The number of rotatable bonds is 8. The number of carbonyl (C=O) groups is 1. The fourth-order valence-electron chi connectivity index (χ4n) is 2.14. The molecule has 138 valence electrons. The number of imidazole rings is 1. The molecule has 0 unspecified atom stereocenters. The van der Waals surface area contributed by atoms with Gasteiger partial charge in [0.25, 0.3) is 5.56 Å². The Kier molecular flexibility index (Phi) is 6.23. The molecule has 0 bridgehead atoms. The summed E-state index contributed by atoms with van der Waals surface area (Å²) in [6.07, 6.45) is 0.525. The molecule has 10 nitrogen and oxygen atoms in total. The van der Waals surface area contributed by atoms with E-state index >= 15 is 0 Å². The molecular formula is C15H23N5O5. The highest BCUT2D eigenvalue weighted by Crippen LogP contribution is 2.18. The average molecular weight is 353 g/mol. The topological polar surface area (TPSA) is 142 Å². The van der Waals surface area contributed by atoms with Gasteiger partial charge >= 0.3 is 0 Å². The Morgan fingerprint density at radius 2 is 2.12 bits per heavy atom. The number of aromatic amines is 1. The van der Waals surface area contributed by atoms with Crippen LogP contribution in [0, 0.1) is 5.92 Å². The minimum Gasteiger partial charge on any atom is -0.394 e. The van der Waals surface area contributed by atoms with Crippen molar-refractivity contribution in [3.05, 3.63) is 16.7 Å². The lowest BCUT2D eigenvalue weighted by Gasteiger charge is -2.22. The number of aliphatic hydroxyl groups is 2. The zero-order valence-corrected chi connectivity index (χ0v) is 14.4. The second kappa shape index (κ2) is 8.19. The van der Waals surface area contributed by atoms with E-state index in [9.17, 15) is 19.8 Å². The molecule has 4 N–H and O–H groups in total. The lowest BCUT2D eigenvalue weighted by molar-refractivity contribution is -0.118. The van der Waals surface area contributed by atoms with Gasteiger partial charge in [0.15, 0.2) is 17.4 Å². The Morgan fingerprint density at radius 3 is 2.68 bits per heavy atom. The number of anilines is 1. The van der Waals surface area contributed by atoms with Crippen LogP contribution in [0.2, 0.25) is 0 Å². The molecular weight excluding hydrogens is 330 g/mol. The molecule has 10 heteroatoms. The SMILES string of the molecule is CC[C@H](CO)O[C@H](CO)n1cnc2c(=O)[nH]c(NC(=O)C(C)C)nc21. The van der Waals surface area contributed by atoms with E-state index in [-0.39, 0.29) is 35.5 Å². The van der Waals surface area contributed by atoms with Crippen LogP contribution in [0.15, 0.2) is 11.1 Å². The van der Waals surface area contributed by atoms with Crippen LogP contribution in [0.4, 0.5) is 5.95 Å². The van der Waals surface area contributed by atoms with Crippen molar-refractivity contribution in [1.29, 1.82) is 0 Å². The number of hydrogen-bond donors (Lipinski definition) is 4. The smallest absolute Gasteiger partial charge is 0.280 e. The van der Waals surface area contributed by atoms with E-state index in [0.717, 1.165) is 0 Å². The predicted octanol–water partition coefficient (Wildman–Crippen LogP) is -0.00750. The van der Waals surface area contributed by atoms with Crippen molar-refractivity contribution < 1.29 is 19.7 Å². The van der Waals surface area contributed by atoms with Gasteiger partial charge in [-0.15, -0.1) is 0 Å². The Morgan fingerprint density at radius 1 is 1.40 bits per heavy atom. The summed E-state index contributed by atoms with van der Waals surface area (Å²) in [6, 6.07) is 0. The van der Waals surface area contributed by atoms with Crippen LogP contribution in [0.1, 0.15) is 33.4 Å². The molecule has 0 aliphatic carbocycles. The van der Waals surface area contributed by atoms with Crippen molar-refractivity contribution in [3.63, 3.8) is 0 Å². The first kappa shape index (κ1) is 19.0. The van der Waals surface area contributed by atoms with Crippen molar-refractivity contribution in [1.82, 2.24) is 19.5 Å². The molecule has 2 rings (SSSR count). The maximum Gasteiger partial charge on any atom is 0.280 e. The van der Waals surface area contributed by atoms with Gasteiger partial charge < -0.3 is 14.9 Å². The maximum absolute atomic E-state index is 12.1. The number of ether oxygens (including phenoxy) is 1. The number of nitrogens with zero attached hydrogens (tertiary/aromatic N) is 3. The minimum absolute atomic E-state index is 0.0103. The molecule has 25 heavy (non-hydrogen) atoms. The molecule has 0 radical (unpaired) electrons. The van der Waals surface area contributed by atoms with Gasteiger partial charge in [-0.3, -0.25) is 24.5 Å². The third-order valence-corrected chi connectivity index (χ3v) is 3.67. The fourth-order valence-corrected chi connectivity index (χ4v) is 2.14. The van der Waals surface area contributed by atoms with Gasteiger partial charge in [0, 0.05) is 5.92 Å². The van der Waals surface area contributed by atoms with Crippen molar-refractivity contribution in [3.8, 4) is 0 Å². The molecule has 0 spiro atoms. The van der Waals surface area contributed by atoms with Gasteiger partial charge in [0.1, 0.15) is 0 Å². The number of hydrogen-bond acceptors (Lipinski definition) is 7. The summed E-state index contributed by atoms with van der Waals surface area (Å²) >= 11 is 0. The first-order valence-electron chi connectivity index (χ1n) is 8.06. The summed E-state index contributed by atoms with van der Waals surface area (Å²) in [5.74, 6) is -0.590. The van der Waals surface area contributed by atoms with Crippen LogP contribution in [-0.2, 0) is 9.53 Å². The van der Waals surface area contributed by atoms with Crippen molar-refractivity contribution >= 4 is 23.0 Å².